The standard InChI is InChI=1S/C19H24N4O3/c1-2-3-4-7-14(12-23(25)13-24)19-22-21-18(26-19)10-15-11-20-17-9-6-5-8-16(15)17/h5-6,8-9,11,13-14,20,25H,2-4,7,10,12H2,1H3/t14-/m0/s1. The maximum atomic E-state index is 10.7. The second-order valence-electron chi connectivity index (χ2n) is 6.49. The van der Waals surface area contributed by atoms with E-state index >= 15 is 0 Å². The highest BCUT2D eigenvalue weighted by molar-refractivity contribution is 5.83. The van der Waals surface area contributed by atoms with Gasteiger partial charge in [-0.25, -0.2) is 5.06 Å². The molecule has 7 nitrogen and oxygen atoms in total. The van der Waals surface area contributed by atoms with Gasteiger partial charge >= 0.3 is 0 Å². The molecule has 2 aromatic heterocycles. The van der Waals surface area contributed by atoms with Gasteiger partial charge in [0.25, 0.3) is 0 Å². The van der Waals surface area contributed by atoms with Gasteiger partial charge in [-0.3, -0.25) is 10.0 Å². The quantitative estimate of drug-likeness (QED) is 0.250. The Morgan fingerprint density at radius 3 is 2.96 bits per heavy atom. The second-order valence-corrected chi connectivity index (χ2v) is 6.49. The van der Waals surface area contributed by atoms with Gasteiger partial charge < -0.3 is 9.40 Å². The predicted octanol–water partition coefficient (Wildman–Crippen LogP) is 3.65. The third-order valence-corrected chi connectivity index (χ3v) is 4.53. The van der Waals surface area contributed by atoms with E-state index in [-0.39, 0.29) is 12.5 Å². The first-order chi connectivity index (χ1) is 12.7. The number of hydrogen-bond donors (Lipinski definition) is 2. The first kappa shape index (κ1) is 18.1. The van der Waals surface area contributed by atoms with Crippen LogP contribution in [0.2, 0.25) is 0 Å². The number of carbonyl (C=O) groups excluding carboxylic acids is 1. The summed E-state index contributed by atoms with van der Waals surface area (Å²) in [5.74, 6) is 0.832. The molecule has 0 spiro atoms. The van der Waals surface area contributed by atoms with Crippen molar-refractivity contribution in [3.05, 3.63) is 47.8 Å². The van der Waals surface area contributed by atoms with Gasteiger partial charge in [-0.15, -0.1) is 10.2 Å². The lowest BCUT2D eigenvalue weighted by Crippen LogP contribution is -2.24. The molecular weight excluding hydrogens is 332 g/mol. The fourth-order valence-corrected chi connectivity index (χ4v) is 3.15. The number of rotatable bonds is 10. The van der Waals surface area contributed by atoms with Crippen molar-refractivity contribution in [2.45, 2.75) is 44.9 Å². The summed E-state index contributed by atoms with van der Waals surface area (Å²) in [6.45, 7) is 2.28. The Morgan fingerprint density at radius 1 is 1.31 bits per heavy atom. The van der Waals surface area contributed by atoms with Crippen molar-refractivity contribution in [3.8, 4) is 0 Å². The van der Waals surface area contributed by atoms with Gasteiger partial charge in [0.1, 0.15) is 0 Å². The fourth-order valence-electron chi connectivity index (χ4n) is 3.15. The van der Waals surface area contributed by atoms with E-state index in [9.17, 15) is 10.0 Å². The molecule has 0 saturated heterocycles. The molecule has 1 amide bonds. The Labute approximate surface area is 152 Å². The van der Waals surface area contributed by atoms with Crippen molar-refractivity contribution < 1.29 is 14.4 Å². The fraction of sp³-hybridized carbons (Fsp3) is 0.421. The van der Waals surface area contributed by atoms with Crippen LogP contribution in [0.3, 0.4) is 0 Å². The number of carbonyl (C=O) groups is 1. The maximum Gasteiger partial charge on any atom is 0.233 e. The molecule has 0 aliphatic heterocycles. The van der Waals surface area contributed by atoms with Crippen LogP contribution < -0.4 is 0 Å². The monoisotopic (exact) mass is 356 g/mol. The first-order valence-corrected chi connectivity index (χ1v) is 8.99. The molecule has 2 heterocycles. The van der Waals surface area contributed by atoms with Crippen molar-refractivity contribution in [1.82, 2.24) is 20.2 Å². The Balaban J connectivity index is 1.74. The highest BCUT2D eigenvalue weighted by Crippen LogP contribution is 2.25. The van der Waals surface area contributed by atoms with E-state index in [2.05, 4.69) is 28.2 Å². The van der Waals surface area contributed by atoms with Crippen LogP contribution in [-0.4, -0.2) is 38.4 Å². The molecule has 1 atom stereocenters. The summed E-state index contributed by atoms with van der Waals surface area (Å²) in [5, 5.41) is 19.6. The largest absolute Gasteiger partial charge is 0.425 e. The van der Waals surface area contributed by atoms with E-state index in [1.807, 2.05) is 24.4 Å². The van der Waals surface area contributed by atoms with Gasteiger partial charge in [0.05, 0.1) is 18.9 Å². The zero-order valence-electron chi connectivity index (χ0n) is 14.9. The van der Waals surface area contributed by atoms with Gasteiger partial charge in [0.2, 0.25) is 18.2 Å². The SMILES string of the molecule is CCCCC[C@@H](CN(O)C=O)c1nnc(Cc2c[nH]c3ccccc23)o1. The minimum Gasteiger partial charge on any atom is -0.425 e. The lowest BCUT2D eigenvalue weighted by Gasteiger charge is -2.16. The Bertz CT molecular complexity index is 842. The number of benzene rings is 1. The summed E-state index contributed by atoms with van der Waals surface area (Å²) in [4.78, 5) is 14.0. The van der Waals surface area contributed by atoms with Crippen LogP contribution in [0.15, 0.2) is 34.9 Å². The molecular formula is C19H24N4O3. The highest BCUT2D eigenvalue weighted by atomic mass is 16.5. The van der Waals surface area contributed by atoms with Gasteiger partial charge in [-0.1, -0.05) is 44.4 Å². The third kappa shape index (κ3) is 4.29. The van der Waals surface area contributed by atoms with Gasteiger partial charge in [0.15, 0.2) is 0 Å². The molecule has 0 fully saturated rings. The second kappa shape index (κ2) is 8.62. The van der Waals surface area contributed by atoms with E-state index in [0.717, 1.165) is 42.1 Å². The van der Waals surface area contributed by atoms with E-state index < -0.39 is 0 Å². The van der Waals surface area contributed by atoms with Gasteiger partial charge in [-0.2, -0.15) is 0 Å². The number of nitrogens with one attached hydrogen (secondary N) is 1. The molecule has 0 bridgehead atoms. The summed E-state index contributed by atoms with van der Waals surface area (Å²) in [7, 11) is 0. The number of aromatic nitrogens is 3. The normalized spacial score (nSPS) is 12.4. The minimum atomic E-state index is -0.166. The van der Waals surface area contributed by atoms with E-state index in [0.29, 0.717) is 29.7 Å². The zero-order chi connectivity index (χ0) is 18.4. The molecule has 2 N–H and O–H groups in total. The van der Waals surface area contributed by atoms with E-state index in [4.69, 9.17) is 4.42 Å². The lowest BCUT2D eigenvalue weighted by atomic mass is 10.0. The van der Waals surface area contributed by atoms with E-state index in [1.54, 1.807) is 0 Å². The molecule has 138 valence electrons. The Morgan fingerprint density at radius 2 is 2.15 bits per heavy atom. The molecule has 1 aromatic carbocycles. The number of aromatic amines is 1. The Kier molecular flexibility index (Phi) is 6.01. The summed E-state index contributed by atoms with van der Waals surface area (Å²) in [5.41, 5.74) is 2.16. The number of fused-ring (bicyclic) bond motifs is 1. The number of hydrogen-bond acceptors (Lipinski definition) is 5. The lowest BCUT2D eigenvalue weighted by molar-refractivity contribution is -0.151. The zero-order valence-corrected chi connectivity index (χ0v) is 14.9. The van der Waals surface area contributed by atoms with Gasteiger partial charge in [-0.05, 0) is 18.1 Å². The Hall–Kier alpha value is -2.67. The number of nitrogens with zero attached hydrogens (tertiary/aromatic N) is 3. The number of H-pyrrole nitrogens is 1. The number of para-hydroxylation sites is 1. The van der Waals surface area contributed by atoms with E-state index in [1.165, 1.54) is 0 Å². The highest BCUT2D eigenvalue weighted by Gasteiger charge is 2.21. The summed E-state index contributed by atoms with van der Waals surface area (Å²) in [6.07, 6.45) is 6.83. The summed E-state index contributed by atoms with van der Waals surface area (Å²) in [6, 6.07) is 8.07. The predicted molar refractivity (Wildman–Crippen MR) is 96.8 cm³/mol. The van der Waals surface area contributed by atoms with Crippen molar-refractivity contribution in [2.75, 3.05) is 6.54 Å². The van der Waals surface area contributed by atoms with Crippen LogP contribution in [0.25, 0.3) is 10.9 Å². The van der Waals surface area contributed by atoms with Crippen LogP contribution in [0, 0.1) is 0 Å². The molecule has 0 saturated carbocycles. The minimum absolute atomic E-state index is 0.155. The molecule has 3 rings (SSSR count). The number of unbranched alkanes of at least 4 members (excludes halogenated alkanes) is 2. The van der Waals surface area contributed by atoms with Crippen LogP contribution >= 0.6 is 0 Å². The summed E-state index contributed by atoms with van der Waals surface area (Å²) < 4.78 is 5.85. The summed E-state index contributed by atoms with van der Waals surface area (Å²) >= 11 is 0. The molecule has 7 heteroatoms. The number of hydroxylamine groups is 2. The topological polar surface area (TPSA) is 95.2 Å². The average Bonchev–Trinajstić information content (AvgIpc) is 3.29. The molecule has 0 unspecified atom stereocenters. The first-order valence-electron chi connectivity index (χ1n) is 8.99. The number of amides is 1. The van der Waals surface area contributed by atoms with Crippen molar-refractivity contribution >= 4 is 17.3 Å². The van der Waals surface area contributed by atoms with Crippen molar-refractivity contribution in [3.63, 3.8) is 0 Å². The van der Waals surface area contributed by atoms with Crippen molar-refractivity contribution in [1.29, 1.82) is 0 Å². The van der Waals surface area contributed by atoms with Crippen LogP contribution in [0.1, 0.15) is 55.9 Å². The molecule has 0 radical (unpaired) electrons. The molecule has 3 aromatic rings. The van der Waals surface area contributed by atoms with Gasteiger partial charge in [0, 0.05) is 17.1 Å². The van der Waals surface area contributed by atoms with Crippen LogP contribution in [-0.2, 0) is 11.2 Å². The molecule has 0 aliphatic rings. The van der Waals surface area contributed by atoms with Crippen LogP contribution in [0.4, 0.5) is 0 Å². The van der Waals surface area contributed by atoms with Crippen molar-refractivity contribution in [2.24, 2.45) is 0 Å². The third-order valence-electron chi connectivity index (χ3n) is 4.53. The molecule has 26 heavy (non-hydrogen) atoms. The molecule has 0 aliphatic carbocycles. The maximum absolute atomic E-state index is 10.7. The van der Waals surface area contributed by atoms with Crippen LogP contribution in [0.5, 0.6) is 0 Å². The average molecular weight is 356 g/mol. The smallest absolute Gasteiger partial charge is 0.233 e.